The van der Waals surface area contributed by atoms with Crippen LogP contribution in [-0.2, 0) is 0 Å². The standard InChI is InChI=1S/C14H11F2NO3/c1-20-9-3-4-11(16)12(7-9)17-14(19)10-6-8(15)2-5-13(10)18/h2-7,18H,1H3,(H,17,19). The summed E-state index contributed by atoms with van der Waals surface area (Å²) in [7, 11) is 1.40. The van der Waals surface area contributed by atoms with Gasteiger partial charge in [0.2, 0.25) is 0 Å². The summed E-state index contributed by atoms with van der Waals surface area (Å²) in [6.45, 7) is 0. The van der Waals surface area contributed by atoms with Gasteiger partial charge in [-0.25, -0.2) is 8.78 Å². The van der Waals surface area contributed by atoms with Crippen LogP contribution in [0.15, 0.2) is 36.4 Å². The van der Waals surface area contributed by atoms with E-state index in [0.717, 1.165) is 24.3 Å². The van der Waals surface area contributed by atoms with Gasteiger partial charge in [-0.1, -0.05) is 0 Å². The molecule has 104 valence electrons. The number of amides is 1. The van der Waals surface area contributed by atoms with Gasteiger partial charge in [-0.15, -0.1) is 0 Å². The largest absolute Gasteiger partial charge is 0.507 e. The molecule has 0 aliphatic heterocycles. The quantitative estimate of drug-likeness (QED) is 0.908. The van der Waals surface area contributed by atoms with E-state index in [2.05, 4.69) is 5.32 Å². The summed E-state index contributed by atoms with van der Waals surface area (Å²) in [6, 6.07) is 6.72. The number of aromatic hydroxyl groups is 1. The molecule has 0 bridgehead atoms. The number of ether oxygens (including phenoxy) is 1. The molecule has 0 unspecified atom stereocenters. The van der Waals surface area contributed by atoms with Crippen molar-refractivity contribution >= 4 is 11.6 Å². The summed E-state index contributed by atoms with van der Waals surface area (Å²) in [5, 5.41) is 11.8. The minimum atomic E-state index is -0.825. The van der Waals surface area contributed by atoms with Crippen LogP contribution in [0.1, 0.15) is 10.4 Å². The van der Waals surface area contributed by atoms with Crippen molar-refractivity contribution in [2.75, 3.05) is 12.4 Å². The maximum absolute atomic E-state index is 13.6. The molecule has 0 atom stereocenters. The zero-order valence-corrected chi connectivity index (χ0v) is 10.5. The number of hydrogen-bond acceptors (Lipinski definition) is 3. The van der Waals surface area contributed by atoms with E-state index in [0.29, 0.717) is 5.75 Å². The fourth-order valence-corrected chi connectivity index (χ4v) is 1.61. The number of benzene rings is 2. The molecular formula is C14H11F2NO3. The fourth-order valence-electron chi connectivity index (χ4n) is 1.61. The molecular weight excluding hydrogens is 268 g/mol. The van der Waals surface area contributed by atoms with Crippen LogP contribution in [0.3, 0.4) is 0 Å². The Labute approximate surface area is 113 Å². The highest BCUT2D eigenvalue weighted by Gasteiger charge is 2.14. The molecule has 6 heteroatoms. The van der Waals surface area contributed by atoms with Gasteiger partial charge in [-0.2, -0.15) is 0 Å². The Morgan fingerprint density at radius 2 is 1.95 bits per heavy atom. The molecule has 2 rings (SSSR count). The smallest absolute Gasteiger partial charge is 0.259 e. The van der Waals surface area contributed by atoms with Crippen molar-refractivity contribution in [3.8, 4) is 11.5 Å². The molecule has 0 fully saturated rings. The van der Waals surface area contributed by atoms with E-state index in [1.54, 1.807) is 0 Å². The maximum Gasteiger partial charge on any atom is 0.259 e. The Balaban J connectivity index is 2.30. The molecule has 0 spiro atoms. The summed E-state index contributed by atoms with van der Waals surface area (Å²) in [5.74, 6) is -2.22. The highest BCUT2D eigenvalue weighted by molar-refractivity contribution is 6.06. The van der Waals surface area contributed by atoms with E-state index < -0.39 is 23.3 Å². The second kappa shape index (κ2) is 5.56. The van der Waals surface area contributed by atoms with Gasteiger partial charge in [-0.3, -0.25) is 4.79 Å². The number of nitrogens with one attached hydrogen (secondary N) is 1. The number of carbonyl (C=O) groups is 1. The molecule has 2 aromatic carbocycles. The van der Waals surface area contributed by atoms with Gasteiger partial charge in [0, 0.05) is 6.07 Å². The van der Waals surface area contributed by atoms with Gasteiger partial charge in [0.15, 0.2) is 0 Å². The van der Waals surface area contributed by atoms with Crippen LogP contribution < -0.4 is 10.1 Å². The summed E-state index contributed by atoms with van der Waals surface area (Å²) in [5.41, 5.74) is -0.412. The average molecular weight is 279 g/mol. The van der Waals surface area contributed by atoms with Gasteiger partial charge >= 0.3 is 0 Å². The first-order valence-corrected chi connectivity index (χ1v) is 5.64. The molecule has 0 radical (unpaired) electrons. The third kappa shape index (κ3) is 2.85. The molecule has 1 amide bonds. The number of halogens is 2. The lowest BCUT2D eigenvalue weighted by molar-refractivity contribution is 0.102. The van der Waals surface area contributed by atoms with Crippen molar-refractivity contribution < 1.29 is 23.4 Å². The van der Waals surface area contributed by atoms with Crippen LogP contribution in [-0.4, -0.2) is 18.1 Å². The molecule has 0 aliphatic carbocycles. The summed E-state index contributed by atoms with van der Waals surface area (Å²) >= 11 is 0. The maximum atomic E-state index is 13.6. The lowest BCUT2D eigenvalue weighted by atomic mass is 10.1. The molecule has 0 saturated heterocycles. The number of carbonyl (C=O) groups excluding carboxylic acids is 1. The molecule has 2 aromatic rings. The number of methoxy groups -OCH3 is 1. The first kappa shape index (κ1) is 13.8. The molecule has 0 heterocycles. The van der Waals surface area contributed by atoms with E-state index in [-0.39, 0.29) is 11.3 Å². The van der Waals surface area contributed by atoms with Gasteiger partial charge in [0.1, 0.15) is 23.1 Å². The fraction of sp³-hybridized carbons (Fsp3) is 0.0714. The van der Waals surface area contributed by atoms with Crippen LogP contribution in [0.2, 0.25) is 0 Å². The Morgan fingerprint density at radius 1 is 1.20 bits per heavy atom. The SMILES string of the molecule is COc1ccc(F)c(NC(=O)c2cc(F)ccc2O)c1. The van der Waals surface area contributed by atoms with E-state index >= 15 is 0 Å². The molecule has 0 aliphatic rings. The van der Waals surface area contributed by atoms with E-state index in [1.807, 2.05) is 0 Å². The topological polar surface area (TPSA) is 58.6 Å². The second-order valence-electron chi connectivity index (χ2n) is 3.96. The average Bonchev–Trinajstić information content (AvgIpc) is 2.43. The molecule has 20 heavy (non-hydrogen) atoms. The van der Waals surface area contributed by atoms with Crippen molar-refractivity contribution in [1.82, 2.24) is 0 Å². The first-order valence-electron chi connectivity index (χ1n) is 5.64. The monoisotopic (exact) mass is 279 g/mol. The van der Waals surface area contributed by atoms with Crippen LogP contribution in [0.5, 0.6) is 11.5 Å². The molecule has 0 aromatic heterocycles. The van der Waals surface area contributed by atoms with Gasteiger partial charge < -0.3 is 15.2 Å². The van der Waals surface area contributed by atoms with Gasteiger partial charge in [0.05, 0.1) is 18.4 Å². The number of phenolic OH excluding ortho intramolecular Hbond substituents is 1. The van der Waals surface area contributed by atoms with E-state index in [9.17, 15) is 18.7 Å². The molecule has 2 N–H and O–H groups in total. The summed E-state index contributed by atoms with van der Waals surface area (Å²) in [6.07, 6.45) is 0. The van der Waals surface area contributed by atoms with Crippen LogP contribution in [0.25, 0.3) is 0 Å². The number of phenols is 1. The Bertz CT molecular complexity index is 659. The summed E-state index contributed by atoms with van der Waals surface area (Å²) < 4.78 is 31.5. The zero-order valence-electron chi connectivity index (χ0n) is 10.5. The second-order valence-corrected chi connectivity index (χ2v) is 3.96. The van der Waals surface area contributed by atoms with Crippen molar-refractivity contribution in [3.63, 3.8) is 0 Å². The molecule has 4 nitrogen and oxygen atoms in total. The number of hydrogen-bond donors (Lipinski definition) is 2. The van der Waals surface area contributed by atoms with Gasteiger partial charge in [0.25, 0.3) is 5.91 Å². The normalized spacial score (nSPS) is 10.2. The van der Waals surface area contributed by atoms with Crippen LogP contribution in [0.4, 0.5) is 14.5 Å². The Kier molecular flexibility index (Phi) is 3.84. The highest BCUT2D eigenvalue weighted by Crippen LogP contribution is 2.24. The first-order chi connectivity index (χ1) is 9.51. The third-order valence-corrected chi connectivity index (χ3v) is 2.62. The molecule has 0 saturated carbocycles. The van der Waals surface area contributed by atoms with Crippen molar-refractivity contribution in [1.29, 1.82) is 0 Å². The Morgan fingerprint density at radius 3 is 2.65 bits per heavy atom. The van der Waals surface area contributed by atoms with Gasteiger partial charge in [-0.05, 0) is 30.3 Å². The number of rotatable bonds is 3. The third-order valence-electron chi connectivity index (χ3n) is 2.62. The van der Waals surface area contributed by atoms with Crippen molar-refractivity contribution in [3.05, 3.63) is 53.6 Å². The van der Waals surface area contributed by atoms with E-state index in [1.165, 1.54) is 19.2 Å². The number of anilines is 1. The van der Waals surface area contributed by atoms with Crippen LogP contribution in [0, 0.1) is 11.6 Å². The van der Waals surface area contributed by atoms with E-state index in [4.69, 9.17) is 4.74 Å². The lowest BCUT2D eigenvalue weighted by Crippen LogP contribution is -2.13. The highest BCUT2D eigenvalue weighted by atomic mass is 19.1. The Hall–Kier alpha value is -2.63. The zero-order chi connectivity index (χ0) is 14.7. The minimum Gasteiger partial charge on any atom is -0.507 e. The summed E-state index contributed by atoms with van der Waals surface area (Å²) in [4.78, 5) is 11.9. The predicted molar refractivity (Wildman–Crippen MR) is 69.0 cm³/mol. The lowest BCUT2D eigenvalue weighted by Gasteiger charge is -2.09. The van der Waals surface area contributed by atoms with Crippen molar-refractivity contribution in [2.24, 2.45) is 0 Å². The van der Waals surface area contributed by atoms with Crippen molar-refractivity contribution in [2.45, 2.75) is 0 Å². The predicted octanol–water partition coefficient (Wildman–Crippen LogP) is 2.93. The minimum absolute atomic E-state index is 0.127. The van der Waals surface area contributed by atoms with Crippen LogP contribution >= 0.6 is 0 Å².